The number of pyridine rings is 1. The zero-order valence-electron chi connectivity index (χ0n) is 24.9. The highest BCUT2D eigenvalue weighted by atomic mass is 19.1. The lowest BCUT2D eigenvalue weighted by atomic mass is 9.95. The first-order valence-electron chi connectivity index (χ1n) is 14.7. The zero-order chi connectivity index (χ0) is 31.9. The number of aliphatic hydroxyl groups excluding tert-OH is 1. The number of carbonyl (C=O) groups is 2. The summed E-state index contributed by atoms with van der Waals surface area (Å²) in [6.45, 7) is 3.79. The number of fused-ring (bicyclic) bond motifs is 2. The van der Waals surface area contributed by atoms with Crippen molar-refractivity contribution in [3.8, 4) is 22.9 Å². The summed E-state index contributed by atoms with van der Waals surface area (Å²) >= 11 is 0. The van der Waals surface area contributed by atoms with E-state index in [1.165, 1.54) is 24.8 Å². The Labute approximate surface area is 259 Å². The molecule has 4 aromatic rings. The molecule has 2 amide bonds. The molecule has 6 rings (SSSR count). The van der Waals surface area contributed by atoms with Crippen LogP contribution in [0, 0.1) is 17.1 Å². The molecule has 2 aromatic heterocycles. The van der Waals surface area contributed by atoms with Crippen LogP contribution in [0.25, 0.3) is 27.7 Å². The highest BCUT2D eigenvalue weighted by Crippen LogP contribution is 2.39. The molecule has 0 saturated carbocycles. The molecule has 3 N–H and O–H groups in total. The normalized spacial score (nSPS) is 15.3. The number of nitrogens with zero attached hydrogens (tertiary/aromatic N) is 4. The van der Waals surface area contributed by atoms with Crippen molar-refractivity contribution in [2.24, 2.45) is 0 Å². The molecule has 230 valence electrons. The van der Waals surface area contributed by atoms with Crippen molar-refractivity contribution in [3.05, 3.63) is 82.9 Å². The number of benzene rings is 2. The molecule has 2 aliphatic heterocycles. The predicted molar refractivity (Wildman–Crippen MR) is 166 cm³/mol. The van der Waals surface area contributed by atoms with E-state index in [-0.39, 0.29) is 43.4 Å². The second kappa shape index (κ2) is 11.8. The summed E-state index contributed by atoms with van der Waals surface area (Å²) in [6.07, 6.45) is 4.11. The van der Waals surface area contributed by atoms with Crippen molar-refractivity contribution < 1.29 is 28.9 Å². The van der Waals surface area contributed by atoms with Gasteiger partial charge in [-0.05, 0) is 72.9 Å². The third kappa shape index (κ3) is 5.54. The Morgan fingerprint density at radius 3 is 2.73 bits per heavy atom. The van der Waals surface area contributed by atoms with Gasteiger partial charge in [-0.1, -0.05) is 18.2 Å². The number of amides is 2. The minimum atomic E-state index is -1.33. The lowest BCUT2D eigenvalue weighted by Crippen LogP contribution is -2.34. The number of aromatic nitrogens is 2. The first-order chi connectivity index (χ1) is 21.6. The van der Waals surface area contributed by atoms with Crippen molar-refractivity contribution in [3.63, 3.8) is 0 Å². The number of aromatic amines is 1. The van der Waals surface area contributed by atoms with Crippen LogP contribution in [0.5, 0.6) is 5.75 Å². The Kier molecular flexibility index (Phi) is 7.87. The lowest BCUT2D eigenvalue weighted by Gasteiger charge is -2.25. The van der Waals surface area contributed by atoms with Gasteiger partial charge in [0.05, 0.1) is 30.5 Å². The maximum Gasteiger partial charge on any atom is 0.265 e. The number of anilines is 1. The van der Waals surface area contributed by atoms with E-state index in [1.807, 2.05) is 30.3 Å². The standard InChI is InChI=1S/C34H32FN5O5/c1-34(2,44)21-16-26(35)31-29(17-21)45-15-14-40(33(31)43)28-5-3-4-22(25(28)19-41)23-7-11-37-32-24(23)18-27(38-32)20-8-12-39(13-9-20)30(42)6-10-36/h3-5,7-8,11,16-18,41,44H,6,9,12-15,19H2,1-2H3,(H,37,38). The molecule has 2 aromatic carbocycles. The van der Waals surface area contributed by atoms with Crippen molar-refractivity contribution >= 4 is 34.1 Å². The molecule has 4 heterocycles. The molecule has 0 fully saturated rings. The fourth-order valence-electron chi connectivity index (χ4n) is 5.97. The molecule has 0 radical (unpaired) electrons. The van der Waals surface area contributed by atoms with Crippen molar-refractivity contribution in [2.45, 2.75) is 38.9 Å². The van der Waals surface area contributed by atoms with Crippen LogP contribution >= 0.6 is 0 Å². The van der Waals surface area contributed by atoms with Crippen LogP contribution in [-0.4, -0.2) is 63.1 Å². The van der Waals surface area contributed by atoms with Gasteiger partial charge in [-0.15, -0.1) is 0 Å². The van der Waals surface area contributed by atoms with Crippen molar-refractivity contribution in [2.75, 3.05) is 31.1 Å². The van der Waals surface area contributed by atoms with Gasteiger partial charge in [0.2, 0.25) is 5.91 Å². The molecule has 0 unspecified atom stereocenters. The Hall–Kier alpha value is -5.05. The second-order valence-electron chi connectivity index (χ2n) is 11.6. The Morgan fingerprint density at radius 2 is 2.02 bits per heavy atom. The van der Waals surface area contributed by atoms with E-state index in [1.54, 1.807) is 23.2 Å². The van der Waals surface area contributed by atoms with Gasteiger partial charge in [-0.25, -0.2) is 9.37 Å². The Balaban J connectivity index is 1.37. The summed E-state index contributed by atoms with van der Waals surface area (Å²) < 4.78 is 21.2. The van der Waals surface area contributed by atoms with E-state index < -0.39 is 17.3 Å². The third-order valence-electron chi connectivity index (χ3n) is 8.35. The summed E-state index contributed by atoms with van der Waals surface area (Å²) in [6, 6.07) is 13.7. The fourth-order valence-corrected chi connectivity index (χ4v) is 5.97. The van der Waals surface area contributed by atoms with Gasteiger partial charge < -0.3 is 29.7 Å². The van der Waals surface area contributed by atoms with Gasteiger partial charge in [0.1, 0.15) is 35.8 Å². The Morgan fingerprint density at radius 1 is 1.20 bits per heavy atom. The van der Waals surface area contributed by atoms with E-state index in [2.05, 4.69) is 9.97 Å². The molecule has 2 aliphatic rings. The zero-order valence-corrected chi connectivity index (χ0v) is 24.9. The van der Waals surface area contributed by atoms with Gasteiger partial charge in [0, 0.05) is 35.9 Å². The van der Waals surface area contributed by atoms with Crippen LogP contribution in [0.2, 0.25) is 0 Å². The molecular weight excluding hydrogens is 577 g/mol. The minimum absolute atomic E-state index is 0.0617. The topological polar surface area (TPSA) is 143 Å². The number of hydrogen-bond donors (Lipinski definition) is 3. The van der Waals surface area contributed by atoms with Crippen LogP contribution in [0.4, 0.5) is 10.1 Å². The lowest BCUT2D eigenvalue weighted by molar-refractivity contribution is -0.129. The summed E-state index contributed by atoms with van der Waals surface area (Å²) in [7, 11) is 0. The fraction of sp³-hybridized carbons (Fsp3) is 0.294. The smallest absolute Gasteiger partial charge is 0.265 e. The van der Waals surface area contributed by atoms with Crippen LogP contribution < -0.4 is 9.64 Å². The quantitative estimate of drug-likeness (QED) is 0.289. The number of H-pyrrole nitrogens is 1. The molecule has 0 spiro atoms. The molecule has 11 heteroatoms. The number of aliphatic hydroxyl groups is 2. The maximum absolute atomic E-state index is 15.4. The molecule has 0 bridgehead atoms. The highest BCUT2D eigenvalue weighted by Gasteiger charge is 2.32. The van der Waals surface area contributed by atoms with Crippen LogP contribution in [0.3, 0.4) is 0 Å². The van der Waals surface area contributed by atoms with Crippen molar-refractivity contribution in [1.82, 2.24) is 14.9 Å². The monoisotopic (exact) mass is 609 g/mol. The number of carbonyl (C=O) groups excluding carboxylic acids is 2. The van der Waals surface area contributed by atoms with Gasteiger partial charge in [0.25, 0.3) is 5.91 Å². The van der Waals surface area contributed by atoms with Gasteiger partial charge in [-0.2, -0.15) is 5.26 Å². The van der Waals surface area contributed by atoms with E-state index in [0.29, 0.717) is 47.5 Å². The molecule has 0 atom stereocenters. The highest BCUT2D eigenvalue weighted by molar-refractivity contribution is 6.09. The Bertz CT molecular complexity index is 1900. The molecule has 45 heavy (non-hydrogen) atoms. The average molecular weight is 610 g/mol. The number of hydrogen-bond acceptors (Lipinski definition) is 7. The maximum atomic E-state index is 15.4. The first-order valence-corrected chi connectivity index (χ1v) is 14.7. The number of nitrogens with one attached hydrogen (secondary N) is 1. The van der Waals surface area contributed by atoms with Crippen LogP contribution in [0.1, 0.15) is 53.9 Å². The van der Waals surface area contributed by atoms with E-state index >= 15 is 4.39 Å². The van der Waals surface area contributed by atoms with E-state index in [9.17, 15) is 19.8 Å². The number of ether oxygens (including phenoxy) is 1. The van der Waals surface area contributed by atoms with Gasteiger partial charge in [-0.3, -0.25) is 9.59 Å². The summed E-state index contributed by atoms with van der Waals surface area (Å²) in [5.74, 6) is -1.53. The number of rotatable bonds is 6. The molecule has 0 aliphatic carbocycles. The second-order valence-corrected chi connectivity index (χ2v) is 11.6. The summed E-state index contributed by atoms with van der Waals surface area (Å²) in [4.78, 5) is 36.9. The van der Waals surface area contributed by atoms with Gasteiger partial charge in [0.15, 0.2) is 0 Å². The SMILES string of the molecule is CC(C)(O)c1cc(F)c2c(c1)OCCN(c1cccc(-c3ccnc4[nH]c(C5=CCN(C(=O)CC#N)CC5)cc34)c1CO)C2=O. The summed E-state index contributed by atoms with van der Waals surface area (Å²) in [5, 5.41) is 30.7. The van der Waals surface area contributed by atoms with Crippen molar-refractivity contribution in [1.29, 1.82) is 5.26 Å². The van der Waals surface area contributed by atoms with Gasteiger partial charge >= 0.3 is 0 Å². The predicted octanol–water partition coefficient (Wildman–Crippen LogP) is 4.66. The molecule has 0 saturated heterocycles. The minimum Gasteiger partial charge on any atom is -0.491 e. The van der Waals surface area contributed by atoms with E-state index in [4.69, 9.17) is 10.00 Å². The largest absolute Gasteiger partial charge is 0.491 e. The molecule has 10 nitrogen and oxygen atoms in total. The number of nitriles is 1. The van der Waals surface area contributed by atoms with Crippen LogP contribution in [0.15, 0.2) is 54.7 Å². The average Bonchev–Trinajstić information content (AvgIpc) is 3.39. The number of halogens is 1. The van der Waals surface area contributed by atoms with E-state index in [0.717, 1.165) is 28.3 Å². The molecular formula is C34H32FN5O5. The van der Waals surface area contributed by atoms with Crippen LogP contribution in [-0.2, 0) is 17.0 Å². The summed E-state index contributed by atoms with van der Waals surface area (Å²) in [5.41, 5.74) is 3.65. The first kappa shape index (κ1) is 30.0. The third-order valence-corrected chi connectivity index (χ3v) is 8.35.